The highest BCUT2D eigenvalue weighted by Gasteiger charge is 2.29. The molecule has 84 valence electrons. The number of rotatable bonds is 5. The van der Waals surface area contributed by atoms with Gasteiger partial charge in [-0.3, -0.25) is 0 Å². The number of hydrogen-bond acceptors (Lipinski definition) is 3. The molecule has 3 N–H and O–H groups in total. The van der Waals surface area contributed by atoms with E-state index in [9.17, 15) is 5.11 Å². The van der Waals surface area contributed by atoms with Crippen LogP contribution in [0.4, 0.5) is 0 Å². The molecule has 0 saturated carbocycles. The Morgan fingerprint density at radius 3 is 2.79 bits per heavy atom. The van der Waals surface area contributed by atoms with Crippen molar-refractivity contribution in [3.8, 4) is 0 Å². The van der Waals surface area contributed by atoms with Crippen LogP contribution in [0, 0.1) is 5.41 Å². The van der Waals surface area contributed by atoms with E-state index in [1.165, 1.54) is 12.8 Å². The maximum Gasteiger partial charge on any atom is 0.0577 e. The van der Waals surface area contributed by atoms with Crippen LogP contribution in [0.3, 0.4) is 0 Å². The maximum atomic E-state index is 9.62. The van der Waals surface area contributed by atoms with Crippen LogP contribution >= 0.6 is 0 Å². The topological polar surface area (TPSA) is 55.5 Å². The summed E-state index contributed by atoms with van der Waals surface area (Å²) in [6, 6.07) is 0. The van der Waals surface area contributed by atoms with Crippen LogP contribution in [0.25, 0.3) is 0 Å². The van der Waals surface area contributed by atoms with Gasteiger partial charge >= 0.3 is 0 Å². The molecule has 14 heavy (non-hydrogen) atoms. The predicted octanol–water partition coefficient (Wildman–Crippen LogP) is 1.29. The average molecular weight is 201 g/mol. The van der Waals surface area contributed by atoms with Crippen LogP contribution in [0.15, 0.2) is 0 Å². The number of aliphatic hydroxyl groups is 1. The van der Waals surface area contributed by atoms with Gasteiger partial charge in [-0.1, -0.05) is 6.92 Å². The summed E-state index contributed by atoms with van der Waals surface area (Å²) in [5, 5.41) is 9.62. The van der Waals surface area contributed by atoms with Crippen LogP contribution < -0.4 is 5.73 Å². The largest absolute Gasteiger partial charge is 0.393 e. The molecule has 0 aromatic heterocycles. The molecule has 0 amide bonds. The summed E-state index contributed by atoms with van der Waals surface area (Å²) >= 11 is 0. The second-order valence-electron chi connectivity index (χ2n) is 4.71. The van der Waals surface area contributed by atoms with Crippen LogP contribution in [0.5, 0.6) is 0 Å². The van der Waals surface area contributed by atoms with Gasteiger partial charge in [-0.2, -0.15) is 0 Å². The summed E-state index contributed by atoms with van der Waals surface area (Å²) in [5.74, 6) is 0. The van der Waals surface area contributed by atoms with Crippen molar-refractivity contribution in [1.29, 1.82) is 0 Å². The first-order valence-electron chi connectivity index (χ1n) is 5.58. The third-order valence-corrected chi connectivity index (χ3v) is 3.54. The third-order valence-electron chi connectivity index (χ3n) is 3.54. The van der Waals surface area contributed by atoms with Crippen molar-refractivity contribution in [2.24, 2.45) is 11.1 Å². The second-order valence-corrected chi connectivity index (χ2v) is 4.71. The summed E-state index contributed by atoms with van der Waals surface area (Å²) in [4.78, 5) is 0. The molecule has 0 aromatic carbocycles. The maximum absolute atomic E-state index is 9.62. The highest BCUT2D eigenvalue weighted by Crippen LogP contribution is 2.29. The van der Waals surface area contributed by atoms with Crippen molar-refractivity contribution in [3.63, 3.8) is 0 Å². The van der Waals surface area contributed by atoms with Crippen molar-refractivity contribution in [1.82, 2.24) is 0 Å². The Morgan fingerprint density at radius 1 is 1.64 bits per heavy atom. The lowest BCUT2D eigenvalue weighted by molar-refractivity contribution is 0.0314. The van der Waals surface area contributed by atoms with Gasteiger partial charge < -0.3 is 15.6 Å². The number of aliphatic hydroxyl groups excluding tert-OH is 1. The van der Waals surface area contributed by atoms with Gasteiger partial charge in [-0.05, 0) is 32.6 Å². The summed E-state index contributed by atoms with van der Waals surface area (Å²) in [5.41, 5.74) is 5.55. The highest BCUT2D eigenvalue weighted by molar-refractivity contribution is 4.82. The van der Waals surface area contributed by atoms with E-state index in [-0.39, 0.29) is 11.5 Å². The van der Waals surface area contributed by atoms with Crippen molar-refractivity contribution in [2.45, 2.75) is 51.7 Å². The lowest BCUT2D eigenvalue weighted by Crippen LogP contribution is -2.38. The molecule has 3 nitrogen and oxygen atoms in total. The first kappa shape index (κ1) is 12.0. The smallest absolute Gasteiger partial charge is 0.0577 e. The van der Waals surface area contributed by atoms with Gasteiger partial charge in [-0.15, -0.1) is 0 Å². The van der Waals surface area contributed by atoms with E-state index in [1.54, 1.807) is 0 Å². The molecule has 1 heterocycles. The number of nitrogens with two attached hydrogens (primary N) is 1. The van der Waals surface area contributed by atoms with Gasteiger partial charge in [-0.25, -0.2) is 0 Å². The molecular formula is C11H23NO2. The fourth-order valence-corrected chi connectivity index (χ4v) is 1.84. The molecule has 0 aliphatic carbocycles. The molecule has 0 spiro atoms. The zero-order chi connectivity index (χ0) is 10.6. The van der Waals surface area contributed by atoms with Crippen molar-refractivity contribution >= 4 is 0 Å². The molecule has 0 aromatic rings. The van der Waals surface area contributed by atoms with Crippen molar-refractivity contribution in [2.75, 3.05) is 13.2 Å². The normalized spacial score (nSPS) is 28.7. The first-order valence-corrected chi connectivity index (χ1v) is 5.58. The Hall–Kier alpha value is -0.120. The zero-order valence-electron chi connectivity index (χ0n) is 9.33. The van der Waals surface area contributed by atoms with Crippen molar-refractivity contribution < 1.29 is 9.84 Å². The summed E-state index contributed by atoms with van der Waals surface area (Å²) in [7, 11) is 0. The van der Waals surface area contributed by atoms with E-state index in [0.717, 1.165) is 19.4 Å². The van der Waals surface area contributed by atoms with E-state index in [1.807, 2.05) is 13.8 Å². The molecule has 1 aliphatic heterocycles. The van der Waals surface area contributed by atoms with Crippen LogP contribution in [0.2, 0.25) is 0 Å². The third kappa shape index (κ3) is 2.94. The van der Waals surface area contributed by atoms with E-state index in [0.29, 0.717) is 12.6 Å². The summed E-state index contributed by atoms with van der Waals surface area (Å²) in [6.45, 7) is 5.31. The monoisotopic (exact) mass is 201 g/mol. The van der Waals surface area contributed by atoms with E-state index in [4.69, 9.17) is 10.5 Å². The van der Waals surface area contributed by atoms with Gasteiger partial charge in [0.25, 0.3) is 0 Å². The summed E-state index contributed by atoms with van der Waals surface area (Å²) < 4.78 is 5.55. The lowest BCUT2D eigenvalue weighted by Gasteiger charge is -2.32. The Bertz CT molecular complexity index is 167. The van der Waals surface area contributed by atoms with E-state index in [2.05, 4.69) is 0 Å². The van der Waals surface area contributed by atoms with Crippen LogP contribution in [-0.2, 0) is 4.74 Å². The molecular weight excluding hydrogens is 178 g/mol. The minimum absolute atomic E-state index is 0.147. The van der Waals surface area contributed by atoms with Crippen LogP contribution in [0.1, 0.15) is 39.5 Å². The minimum atomic E-state index is -0.339. The second kappa shape index (κ2) is 5.10. The van der Waals surface area contributed by atoms with Gasteiger partial charge in [0.05, 0.1) is 12.2 Å². The minimum Gasteiger partial charge on any atom is -0.393 e. The summed E-state index contributed by atoms with van der Waals surface area (Å²) in [6.07, 6.45) is 4.39. The Balaban J connectivity index is 2.32. The molecule has 3 unspecified atom stereocenters. The standard InChI is InChI=1S/C11H23NO2/c1-9(13)11(2,8-12)6-5-10-4-3-7-14-10/h9-10,13H,3-8,12H2,1-2H3. The van der Waals surface area contributed by atoms with Gasteiger partial charge in [0.2, 0.25) is 0 Å². The van der Waals surface area contributed by atoms with Gasteiger partial charge in [0.1, 0.15) is 0 Å². The van der Waals surface area contributed by atoms with Gasteiger partial charge in [0.15, 0.2) is 0 Å². The number of ether oxygens (including phenoxy) is 1. The molecule has 1 saturated heterocycles. The molecule has 1 aliphatic rings. The Morgan fingerprint density at radius 2 is 2.36 bits per heavy atom. The quantitative estimate of drug-likeness (QED) is 0.704. The van der Waals surface area contributed by atoms with Crippen LogP contribution in [-0.4, -0.2) is 30.5 Å². The molecule has 1 fully saturated rings. The molecule has 0 radical (unpaired) electrons. The fraction of sp³-hybridized carbons (Fsp3) is 1.00. The number of hydrogen-bond donors (Lipinski definition) is 2. The average Bonchev–Trinajstić information content (AvgIpc) is 2.66. The molecule has 1 rings (SSSR count). The molecule has 0 bridgehead atoms. The van der Waals surface area contributed by atoms with E-state index < -0.39 is 0 Å². The van der Waals surface area contributed by atoms with E-state index >= 15 is 0 Å². The predicted molar refractivity (Wildman–Crippen MR) is 57.1 cm³/mol. The molecule has 3 heteroatoms. The zero-order valence-corrected chi connectivity index (χ0v) is 9.33. The van der Waals surface area contributed by atoms with Crippen molar-refractivity contribution in [3.05, 3.63) is 0 Å². The SMILES string of the molecule is CC(O)C(C)(CN)CCC1CCCO1. The highest BCUT2D eigenvalue weighted by atomic mass is 16.5. The lowest BCUT2D eigenvalue weighted by atomic mass is 9.80. The Labute approximate surface area is 86.6 Å². The Kier molecular flexibility index (Phi) is 4.35. The fourth-order valence-electron chi connectivity index (χ4n) is 1.84. The van der Waals surface area contributed by atoms with Gasteiger partial charge in [0, 0.05) is 18.6 Å². The first-order chi connectivity index (χ1) is 6.58. The molecule has 3 atom stereocenters.